The van der Waals surface area contributed by atoms with Crippen molar-refractivity contribution in [1.82, 2.24) is 9.97 Å². The normalized spacial score (nSPS) is 8.24. The fourth-order valence-electron chi connectivity index (χ4n) is 1.22. The number of nitrogens with zero attached hydrogens (tertiary/aromatic N) is 3. The summed E-state index contributed by atoms with van der Waals surface area (Å²) in [5.41, 5.74) is 0.917. The molecule has 0 aliphatic heterocycles. The van der Waals surface area contributed by atoms with Crippen LogP contribution in [0, 0.1) is 19.3 Å². The lowest BCUT2D eigenvalue weighted by atomic mass is 10.4. The maximum atomic E-state index is 8.95. The van der Waals surface area contributed by atoms with Crippen LogP contribution in [-0.4, -0.2) is 37.1 Å². The van der Waals surface area contributed by atoms with Crippen LogP contribution >= 0.6 is 11.6 Å². The van der Waals surface area contributed by atoms with Gasteiger partial charge in [0.2, 0.25) is 0 Å². The first-order chi connectivity index (χ1) is 9.98. The average Bonchev–Trinajstić information content (AvgIpc) is 2.50. The second kappa shape index (κ2) is 14.6. The van der Waals surface area contributed by atoms with Crippen molar-refractivity contribution in [3.63, 3.8) is 0 Å². The van der Waals surface area contributed by atoms with Gasteiger partial charge in [0.25, 0.3) is 6.47 Å². The fraction of sp³-hybridized carbons (Fsp3) is 0.533. The smallest absolute Gasteiger partial charge is 0.292 e. The van der Waals surface area contributed by atoms with E-state index in [-0.39, 0.29) is 0 Å². The molecular formula is C15H24ClN3O2. The van der Waals surface area contributed by atoms with Gasteiger partial charge in [-0.15, -0.1) is 12.3 Å². The Morgan fingerprint density at radius 2 is 2.05 bits per heavy atom. The van der Waals surface area contributed by atoms with Gasteiger partial charge >= 0.3 is 0 Å². The standard InChI is InChI=1S/C9H14ClN3.C4H6.C2H4O2/c1-4-5-13(3)9-7(2)11-6-8(10)12-9;1-3-4-2;1-4-2-3/h6H,4-5H2,1-3H3;1H,4H2,2H3;2H,1H3. The highest BCUT2D eigenvalue weighted by Crippen LogP contribution is 2.16. The minimum absolute atomic E-state index is 0.375. The maximum absolute atomic E-state index is 8.95. The van der Waals surface area contributed by atoms with Gasteiger partial charge in [0.1, 0.15) is 5.15 Å². The van der Waals surface area contributed by atoms with E-state index in [1.165, 1.54) is 7.11 Å². The van der Waals surface area contributed by atoms with Crippen molar-refractivity contribution in [1.29, 1.82) is 0 Å². The van der Waals surface area contributed by atoms with E-state index in [0.717, 1.165) is 30.9 Å². The molecule has 21 heavy (non-hydrogen) atoms. The van der Waals surface area contributed by atoms with Gasteiger partial charge in [-0.25, -0.2) is 4.98 Å². The van der Waals surface area contributed by atoms with E-state index in [9.17, 15) is 0 Å². The number of hydrogen-bond donors (Lipinski definition) is 0. The number of rotatable bonds is 4. The summed E-state index contributed by atoms with van der Waals surface area (Å²) in [4.78, 5) is 19.4. The average molecular weight is 314 g/mol. The quantitative estimate of drug-likeness (QED) is 0.631. The van der Waals surface area contributed by atoms with Crippen LogP contribution in [0.2, 0.25) is 5.15 Å². The minimum atomic E-state index is 0.375. The molecule has 0 bridgehead atoms. The van der Waals surface area contributed by atoms with E-state index in [0.29, 0.717) is 11.6 Å². The Kier molecular flexibility index (Phi) is 15.0. The molecule has 0 atom stereocenters. The van der Waals surface area contributed by atoms with E-state index in [1.54, 1.807) is 6.20 Å². The number of aromatic nitrogens is 2. The Labute approximate surface area is 132 Å². The van der Waals surface area contributed by atoms with Crippen molar-refractivity contribution in [2.75, 3.05) is 25.6 Å². The molecular weight excluding hydrogens is 290 g/mol. The summed E-state index contributed by atoms with van der Waals surface area (Å²) in [6.07, 6.45) is 8.28. The molecule has 1 heterocycles. The van der Waals surface area contributed by atoms with Crippen LogP contribution in [0.25, 0.3) is 0 Å². The van der Waals surface area contributed by atoms with Gasteiger partial charge in [-0.05, 0) is 13.3 Å². The second-order valence-corrected chi connectivity index (χ2v) is 4.30. The SMILES string of the molecule is C#CCC.CCCN(C)c1nc(Cl)cnc1C.COC=O. The zero-order valence-corrected chi connectivity index (χ0v) is 14.1. The van der Waals surface area contributed by atoms with Gasteiger partial charge in [-0.1, -0.05) is 25.4 Å². The van der Waals surface area contributed by atoms with E-state index in [2.05, 4.69) is 32.4 Å². The number of anilines is 1. The molecule has 0 N–H and O–H groups in total. The van der Waals surface area contributed by atoms with Crippen LogP contribution in [0.15, 0.2) is 6.20 Å². The molecule has 0 saturated heterocycles. The summed E-state index contributed by atoms with van der Waals surface area (Å²) >= 11 is 5.76. The minimum Gasteiger partial charge on any atom is -0.471 e. The summed E-state index contributed by atoms with van der Waals surface area (Å²) in [7, 11) is 3.31. The third-order valence-corrected chi connectivity index (χ3v) is 2.30. The number of hydrogen-bond acceptors (Lipinski definition) is 5. The van der Waals surface area contributed by atoms with Crippen LogP contribution in [0.1, 0.15) is 32.4 Å². The molecule has 0 spiro atoms. The molecule has 6 heteroatoms. The third kappa shape index (κ3) is 11.7. The molecule has 118 valence electrons. The number of methoxy groups -OCH3 is 1. The van der Waals surface area contributed by atoms with Crippen molar-refractivity contribution in [3.8, 4) is 12.3 Å². The van der Waals surface area contributed by atoms with Crippen LogP contribution in [0.3, 0.4) is 0 Å². The number of carbonyl (C=O) groups is 1. The number of aryl methyl sites for hydroxylation is 1. The van der Waals surface area contributed by atoms with Crippen LogP contribution in [0.4, 0.5) is 5.82 Å². The summed E-state index contributed by atoms with van der Waals surface area (Å²) in [6, 6.07) is 0. The molecule has 0 fully saturated rings. The second-order valence-electron chi connectivity index (χ2n) is 3.91. The Balaban J connectivity index is 0. The lowest BCUT2D eigenvalue weighted by molar-refractivity contribution is -0.126. The number of ether oxygens (including phenoxy) is 1. The molecule has 0 aliphatic rings. The highest BCUT2D eigenvalue weighted by molar-refractivity contribution is 6.29. The lowest BCUT2D eigenvalue weighted by Crippen LogP contribution is -2.20. The summed E-state index contributed by atoms with van der Waals surface area (Å²) < 4.78 is 3.86. The van der Waals surface area contributed by atoms with E-state index in [1.807, 2.05) is 20.9 Å². The first-order valence-corrected chi connectivity index (χ1v) is 6.96. The number of carbonyl (C=O) groups excluding carboxylic acids is 1. The van der Waals surface area contributed by atoms with E-state index >= 15 is 0 Å². The monoisotopic (exact) mass is 313 g/mol. The molecule has 1 aromatic heterocycles. The van der Waals surface area contributed by atoms with Gasteiger partial charge in [0, 0.05) is 20.0 Å². The first kappa shape index (κ1) is 21.5. The predicted octanol–water partition coefficient (Wildman–Crippen LogP) is 3.10. The largest absolute Gasteiger partial charge is 0.471 e. The van der Waals surface area contributed by atoms with Crippen molar-refractivity contribution < 1.29 is 9.53 Å². The summed E-state index contributed by atoms with van der Waals surface area (Å²) in [6.45, 7) is 7.35. The van der Waals surface area contributed by atoms with Crippen LogP contribution < -0.4 is 4.90 Å². The topological polar surface area (TPSA) is 55.3 Å². The molecule has 0 aromatic carbocycles. The molecule has 5 nitrogen and oxygen atoms in total. The maximum Gasteiger partial charge on any atom is 0.292 e. The Bertz CT molecular complexity index is 433. The Morgan fingerprint density at radius 1 is 1.52 bits per heavy atom. The third-order valence-electron chi connectivity index (χ3n) is 2.12. The Hall–Kier alpha value is -1.80. The van der Waals surface area contributed by atoms with Crippen molar-refractivity contribution in [2.45, 2.75) is 33.6 Å². The molecule has 0 saturated carbocycles. The van der Waals surface area contributed by atoms with Gasteiger partial charge < -0.3 is 9.64 Å². The molecule has 0 amide bonds. The molecule has 1 aromatic rings. The highest BCUT2D eigenvalue weighted by Gasteiger charge is 2.06. The fourth-order valence-corrected chi connectivity index (χ4v) is 1.35. The summed E-state index contributed by atoms with van der Waals surface area (Å²) in [5, 5.41) is 0.448. The lowest BCUT2D eigenvalue weighted by Gasteiger charge is -2.18. The van der Waals surface area contributed by atoms with Crippen LogP contribution in [-0.2, 0) is 9.53 Å². The van der Waals surface area contributed by atoms with Gasteiger partial charge in [-0.3, -0.25) is 9.78 Å². The molecule has 1 rings (SSSR count). The molecule has 0 unspecified atom stereocenters. The molecule has 0 radical (unpaired) electrons. The highest BCUT2D eigenvalue weighted by atomic mass is 35.5. The van der Waals surface area contributed by atoms with E-state index < -0.39 is 0 Å². The number of halogens is 1. The van der Waals surface area contributed by atoms with Gasteiger partial charge in [-0.2, -0.15) is 0 Å². The first-order valence-electron chi connectivity index (χ1n) is 6.58. The predicted molar refractivity (Wildman–Crippen MR) is 87.5 cm³/mol. The van der Waals surface area contributed by atoms with Gasteiger partial charge in [0.05, 0.1) is 19.0 Å². The van der Waals surface area contributed by atoms with Crippen molar-refractivity contribution in [3.05, 3.63) is 17.0 Å². The van der Waals surface area contributed by atoms with Crippen LogP contribution in [0.5, 0.6) is 0 Å². The summed E-state index contributed by atoms with van der Waals surface area (Å²) in [5.74, 6) is 3.30. The molecule has 0 aliphatic carbocycles. The van der Waals surface area contributed by atoms with E-state index in [4.69, 9.17) is 22.8 Å². The number of terminal acetylenes is 1. The van der Waals surface area contributed by atoms with Crippen molar-refractivity contribution in [2.24, 2.45) is 0 Å². The van der Waals surface area contributed by atoms with Gasteiger partial charge in [0.15, 0.2) is 5.82 Å². The van der Waals surface area contributed by atoms with Crippen molar-refractivity contribution >= 4 is 23.9 Å². The zero-order chi connectivity index (χ0) is 16.7. The Morgan fingerprint density at radius 3 is 2.43 bits per heavy atom. The zero-order valence-electron chi connectivity index (χ0n) is 13.4.